The molecule has 13 heavy (non-hydrogen) atoms. The molecule has 1 aliphatic heterocycles. The molecule has 72 valence electrons. The fraction of sp³-hybridized carbons (Fsp3) is 0.625. The molecule has 2 atom stereocenters. The van der Waals surface area contributed by atoms with Gasteiger partial charge in [0.2, 0.25) is 0 Å². The van der Waals surface area contributed by atoms with Crippen LogP contribution in [-0.4, -0.2) is 21.6 Å². The fourth-order valence-electron chi connectivity index (χ4n) is 1.47. The Morgan fingerprint density at radius 1 is 1.69 bits per heavy atom. The number of hydrogen-bond acceptors (Lipinski definition) is 5. The number of aliphatic hydroxyl groups is 1. The van der Waals surface area contributed by atoms with E-state index in [1.54, 1.807) is 6.20 Å². The van der Waals surface area contributed by atoms with Crippen LogP contribution in [0.5, 0.6) is 0 Å². The second-order valence-electron chi connectivity index (χ2n) is 3.17. The van der Waals surface area contributed by atoms with Gasteiger partial charge >= 0.3 is 0 Å². The minimum atomic E-state index is -0.357. The molecule has 2 unspecified atom stereocenters. The highest BCUT2D eigenvalue weighted by atomic mass is 32.2. The molecule has 0 amide bonds. The first-order chi connectivity index (χ1) is 6.27. The lowest BCUT2D eigenvalue weighted by atomic mass is 10.0. The van der Waals surface area contributed by atoms with Gasteiger partial charge in [0, 0.05) is 6.20 Å². The van der Waals surface area contributed by atoms with Crippen molar-refractivity contribution in [2.24, 2.45) is 5.92 Å². The van der Waals surface area contributed by atoms with Crippen molar-refractivity contribution in [3.05, 3.63) is 11.1 Å². The van der Waals surface area contributed by atoms with E-state index in [9.17, 15) is 5.11 Å². The first-order valence-corrected chi connectivity index (χ1v) is 6.21. The predicted molar refractivity (Wildman–Crippen MR) is 56.9 cm³/mol. The molecule has 1 fully saturated rings. The number of nitrogen functional groups attached to an aromatic ring is 1. The highest BCUT2D eigenvalue weighted by molar-refractivity contribution is 7.99. The predicted octanol–water partition coefficient (Wildman–Crippen LogP) is 1.51. The molecule has 0 aliphatic carbocycles. The summed E-state index contributed by atoms with van der Waals surface area (Å²) >= 11 is 3.30. The average molecular weight is 216 g/mol. The SMILES string of the molecule is Nc1ncc(C(O)C2CCSC2)s1. The standard InChI is InChI=1S/C8H12N2OS2/c9-8-10-3-6(13-8)7(11)5-1-2-12-4-5/h3,5,7,11H,1-2,4H2,(H2,9,10). The molecule has 3 N–H and O–H groups in total. The monoisotopic (exact) mass is 216 g/mol. The number of thiazole rings is 1. The summed E-state index contributed by atoms with van der Waals surface area (Å²) in [5, 5.41) is 10.5. The second-order valence-corrected chi connectivity index (χ2v) is 5.41. The van der Waals surface area contributed by atoms with Crippen LogP contribution in [0.1, 0.15) is 17.4 Å². The number of thioether (sulfide) groups is 1. The fourth-order valence-corrected chi connectivity index (χ4v) is 3.52. The summed E-state index contributed by atoms with van der Waals surface area (Å²) in [4.78, 5) is 4.85. The molecule has 0 spiro atoms. The second kappa shape index (κ2) is 3.86. The molecule has 2 rings (SSSR count). The van der Waals surface area contributed by atoms with Crippen molar-refractivity contribution in [2.75, 3.05) is 17.2 Å². The van der Waals surface area contributed by atoms with Crippen molar-refractivity contribution >= 4 is 28.2 Å². The maximum atomic E-state index is 9.94. The number of aromatic nitrogens is 1. The van der Waals surface area contributed by atoms with Gasteiger partial charge in [-0.2, -0.15) is 11.8 Å². The Morgan fingerprint density at radius 3 is 3.08 bits per heavy atom. The third-order valence-electron chi connectivity index (χ3n) is 2.24. The van der Waals surface area contributed by atoms with E-state index in [1.165, 1.54) is 11.3 Å². The highest BCUT2D eigenvalue weighted by Crippen LogP contribution is 2.36. The zero-order valence-corrected chi connectivity index (χ0v) is 8.77. The van der Waals surface area contributed by atoms with Crippen molar-refractivity contribution in [2.45, 2.75) is 12.5 Å². The van der Waals surface area contributed by atoms with Gasteiger partial charge in [-0.3, -0.25) is 0 Å². The molecule has 0 saturated carbocycles. The van der Waals surface area contributed by atoms with Gasteiger partial charge in [-0.05, 0) is 23.8 Å². The first kappa shape index (κ1) is 9.30. The van der Waals surface area contributed by atoms with Crippen LogP contribution in [0.25, 0.3) is 0 Å². The minimum Gasteiger partial charge on any atom is -0.387 e. The van der Waals surface area contributed by atoms with Gasteiger partial charge < -0.3 is 10.8 Å². The molecule has 1 aliphatic rings. The Labute approximate surface area is 85.4 Å². The van der Waals surface area contributed by atoms with Crippen LogP contribution < -0.4 is 5.73 Å². The molecule has 0 aromatic carbocycles. The van der Waals surface area contributed by atoms with Gasteiger partial charge in [0.05, 0.1) is 11.0 Å². The van der Waals surface area contributed by atoms with Crippen LogP contribution in [0.3, 0.4) is 0 Å². The van der Waals surface area contributed by atoms with Crippen LogP contribution in [0.15, 0.2) is 6.20 Å². The van der Waals surface area contributed by atoms with Crippen LogP contribution in [0, 0.1) is 5.92 Å². The molecular formula is C8H12N2OS2. The summed E-state index contributed by atoms with van der Waals surface area (Å²) in [5.74, 6) is 2.61. The zero-order valence-electron chi connectivity index (χ0n) is 7.14. The van der Waals surface area contributed by atoms with Gasteiger partial charge in [-0.1, -0.05) is 11.3 Å². The van der Waals surface area contributed by atoms with Crippen molar-refractivity contribution in [1.29, 1.82) is 0 Å². The summed E-state index contributed by atoms with van der Waals surface area (Å²) in [6, 6.07) is 0. The van der Waals surface area contributed by atoms with Crippen molar-refractivity contribution in [1.82, 2.24) is 4.98 Å². The van der Waals surface area contributed by atoms with Crippen LogP contribution in [0.2, 0.25) is 0 Å². The lowest BCUT2D eigenvalue weighted by molar-refractivity contribution is 0.124. The minimum absolute atomic E-state index is 0.357. The van der Waals surface area contributed by atoms with Crippen LogP contribution >= 0.6 is 23.1 Å². The molecule has 1 aromatic rings. The van der Waals surface area contributed by atoms with E-state index in [0.29, 0.717) is 11.0 Å². The Hall–Kier alpha value is -0.260. The van der Waals surface area contributed by atoms with E-state index in [-0.39, 0.29) is 6.10 Å². The van der Waals surface area contributed by atoms with E-state index < -0.39 is 0 Å². The molecular weight excluding hydrogens is 204 g/mol. The molecule has 0 radical (unpaired) electrons. The number of nitrogens with zero attached hydrogens (tertiary/aromatic N) is 1. The quantitative estimate of drug-likeness (QED) is 0.787. The lowest BCUT2D eigenvalue weighted by Crippen LogP contribution is -2.10. The number of aliphatic hydroxyl groups excluding tert-OH is 1. The molecule has 3 nitrogen and oxygen atoms in total. The molecule has 2 heterocycles. The van der Waals surface area contributed by atoms with E-state index >= 15 is 0 Å². The number of hydrogen-bond donors (Lipinski definition) is 2. The Kier molecular flexibility index (Phi) is 2.76. The molecule has 1 saturated heterocycles. The van der Waals surface area contributed by atoms with Gasteiger partial charge in [-0.25, -0.2) is 4.98 Å². The largest absolute Gasteiger partial charge is 0.387 e. The van der Waals surface area contributed by atoms with Crippen LogP contribution in [-0.2, 0) is 0 Å². The molecule has 1 aromatic heterocycles. The van der Waals surface area contributed by atoms with Crippen LogP contribution in [0.4, 0.5) is 5.13 Å². The number of rotatable bonds is 2. The maximum absolute atomic E-state index is 9.94. The third kappa shape index (κ3) is 1.98. The topological polar surface area (TPSA) is 59.1 Å². The van der Waals surface area contributed by atoms with E-state index in [4.69, 9.17) is 5.73 Å². The lowest BCUT2D eigenvalue weighted by Gasteiger charge is -2.14. The normalized spacial score (nSPS) is 24.8. The highest BCUT2D eigenvalue weighted by Gasteiger charge is 2.26. The summed E-state index contributed by atoms with van der Waals surface area (Å²) in [6.45, 7) is 0. The van der Waals surface area contributed by atoms with Crippen molar-refractivity contribution < 1.29 is 5.11 Å². The van der Waals surface area contributed by atoms with Crippen molar-refractivity contribution in [3.8, 4) is 0 Å². The third-order valence-corrected chi connectivity index (χ3v) is 4.33. The van der Waals surface area contributed by atoms with Crippen molar-refractivity contribution in [3.63, 3.8) is 0 Å². The number of nitrogens with two attached hydrogens (primary N) is 1. The first-order valence-electron chi connectivity index (χ1n) is 4.24. The smallest absolute Gasteiger partial charge is 0.180 e. The Balaban J connectivity index is 2.07. The van der Waals surface area contributed by atoms with E-state index in [1.807, 2.05) is 11.8 Å². The Bertz CT molecular complexity index is 283. The number of anilines is 1. The van der Waals surface area contributed by atoms with Gasteiger partial charge in [-0.15, -0.1) is 0 Å². The van der Waals surface area contributed by atoms with E-state index in [0.717, 1.165) is 22.8 Å². The zero-order chi connectivity index (χ0) is 9.26. The molecule has 0 bridgehead atoms. The summed E-state index contributed by atoms with van der Waals surface area (Å²) in [5.41, 5.74) is 5.51. The molecule has 5 heteroatoms. The maximum Gasteiger partial charge on any atom is 0.180 e. The summed E-state index contributed by atoms with van der Waals surface area (Å²) in [6.07, 6.45) is 2.43. The van der Waals surface area contributed by atoms with Gasteiger partial charge in [0.1, 0.15) is 0 Å². The average Bonchev–Trinajstić information content (AvgIpc) is 2.72. The van der Waals surface area contributed by atoms with E-state index in [2.05, 4.69) is 4.98 Å². The van der Waals surface area contributed by atoms with Gasteiger partial charge in [0.15, 0.2) is 5.13 Å². The summed E-state index contributed by atoms with van der Waals surface area (Å²) in [7, 11) is 0. The Morgan fingerprint density at radius 2 is 2.54 bits per heavy atom. The van der Waals surface area contributed by atoms with Gasteiger partial charge in [0.25, 0.3) is 0 Å². The summed E-state index contributed by atoms with van der Waals surface area (Å²) < 4.78 is 0.